The van der Waals surface area contributed by atoms with Crippen LogP contribution in [0.25, 0.3) is 11.0 Å². The Kier molecular flexibility index (Phi) is 1.30. The van der Waals surface area contributed by atoms with Gasteiger partial charge in [0.05, 0.1) is 0 Å². The number of hydrogen-bond donors (Lipinski definition) is 1. The number of rotatable bonds is 0. The Morgan fingerprint density at radius 3 is 3.08 bits per heavy atom. The molecule has 0 atom stereocenters. The lowest BCUT2D eigenvalue weighted by Gasteiger charge is -1.95. The Morgan fingerprint density at radius 2 is 2.33 bits per heavy atom. The molecular formula is C8H9N3O. The molecule has 62 valence electrons. The van der Waals surface area contributed by atoms with Gasteiger partial charge in [-0.25, -0.2) is 4.79 Å². The summed E-state index contributed by atoms with van der Waals surface area (Å²) < 4.78 is 1.48. The van der Waals surface area contributed by atoms with E-state index in [2.05, 4.69) is 9.97 Å². The van der Waals surface area contributed by atoms with E-state index in [0.717, 1.165) is 10.9 Å². The largest absolute Gasteiger partial charge is 0.349 e. The van der Waals surface area contributed by atoms with Crippen molar-refractivity contribution in [3.63, 3.8) is 0 Å². The lowest BCUT2D eigenvalue weighted by atomic mass is 10.3. The van der Waals surface area contributed by atoms with Gasteiger partial charge in [0.15, 0.2) is 0 Å². The minimum absolute atomic E-state index is 0.232. The summed E-state index contributed by atoms with van der Waals surface area (Å²) in [6, 6.07) is 0. The smallest absolute Gasteiger partial charge is 0.346 e. The molecule has 4 heteroatoms. The molecule has 0 fully saturated rings. The standard InChI is InChI=1S/C8H9N3O/c1-5-3-9-7-6(5)4-11(2)8(12)10-7/h3-4H,1-2H3,(H,9,10,12). The van der Waals surface area contributed by atoms with E-state index in [4.69, 9.17) is 0 Å². The zero-order valence-corrected chi connectivity index (χ0v) is 6.96. The van der Waals surface area contributed by atoms with Crippen molar-refractivity contribution in [3.8, 4) is 0 Å². The molecule has 2 heterocycles. The summed E-state index contributed by atoms with van der Waals surface area (Å²) in [5.41, 5.74) is 1.54. The van der Waals surface area contributed by atoms with Crippen LogP contribution in [0.5, 0.6) is 0 Å². The quantitative estimate of drug-likeness (QED) is 0.617. The van der Waals surface area contributed by atoms with Gasteiger partial charge in [-0.1, -0.05) is 0 Å². The Morgan fingerprint density at radius 1 is 1.58 bits per heavy atom. The number of fused-ring (bicyclic) bond motifs is 1. The summed E-state index contributed by atoms with van der Waals surface area (Å²) in [4.78, 5) is 17.9. The molecule has 2 rings (SSSR count). The Balaban J connectivity index is 2.97. The monoisotopic (exact) mass is 163 g/mol. The first kappa shape index (κ1) is 7.09. The van der Waals surface area contributed by atoms with E-state index in [0.29, 0.717) is 5.65 Å². The van der Waals surface area contributed by atoms with Gasteiger partial charge in [-0.2, -0.15) is 4.98 Å². The number of nitrogens with zero attached hydrogens (tertiary/aromatic N) is 2. The fourth-order valence-electron chi connectivity index (χ4n) is 1.20. The Labute approximate surface area is 68.9 Å². The highest BCUT2D eigenvalue weighted by Gasteiger charge is 2.01. The molecule has 0 radical (unpaired) electrons. The van der Waals surface area contributed by atoms with Gasteiger partial charge in [0.2, 0.25) is 0 Å². The number of H-pyrrole nitrogens is 1. The second kappa shape index (κ2) is 2.20. The normalized spacial score (nSPS) is 10.8. The van der Waals surface area contributed by atoms with Crippen LogP contribution in [0, 0.1) is 6.92 Å². The van der Waals surface area contributed by atoms with E-state index in [1.807, 2.05) is 13.1 Å². The third-order valence-corrected chi connectivity index (χ3v) is 1.94. The predicted molar refractivity (Wildman–Crippen MR) is 46.1 cm³/mol. The van der Waals surface area contributed by atoms with Crippen LogP contribution in [0.2, 0.25) is 0 Å². The van der Waals surface area contributed by atoms with E-state index < -0.39 is 0 Å². The predicted octanol–water partition coefficient (Wildman–Crippen LogP) is 0.570. The fourth-order valence-corrected chi connectivity index (χ4v) is 1.20. The first-order chi connectivity index (χ1) is 5.68. The van der Waals surface area contributed by atoms with Crippen molar-refractivity contribution in [2.45, 2.75) is 6.92 Å². The molecule has 2 aromatic rings. The van der Waals surface area contributed by atoms with E-state index in [1.54, 1.807) is 13.2 Å². The fraction of sp³-hybridized carbons (Fsp3) is 0.250. The maximum Gasteiger partial charge on any atom is 0.349 e. The van der Waals surface area contributed by atoms with Gasteiger partial charge in [-0.15, -0.1) is 0 Å². The zero-order chi connectivity index (χ0) is 8.72. The summed E-state index contributed by atoms with van der Waals surface area (Å²) >= 11 is 0. The number of hydrogen-bond acceptors (Lipinski definition) is 2. The molecular weight excluding hydrogens is 154 g/mol. The number of nitrogens with one attached hydrogen (secondary N) is 1. The molecule has 0 amide bonds. The summed E-state index contributed by atoms with van der Waals surface area (Å²) in [5, 5.41) is 0.997. The lowest BCUT2D eigenvalue weighted by Crippen LogP contribution is -2.18. The highest BCUT2D eigenvalue weighted by Crippen LogP contribution is 2.11. The van der Waals surface area contributed by atoms with Gasteiger partial charge in [-0.3, -0.25) is 0 Å². The summed E-state index contributed by atoms with van der Waals surface area (Å²) in [7, 11) is 1.70. The third kappa shape index (κ3) is 0.845. The number of aromatic amines is 1. The van der Waals surface area contributed by atoms with Crippen LogP contribution in [-0.4, -0.2) is 14.5 Å². The molecule has 0 bridgehead atoms. The molecule has 0 aliphatic heterocycles. The molecule has 4 nitrogen and oxygen atoms in total. The minimum Gasteiger partial charge on any atom is -0.346 e. The SMILES string of the molecule is Cc1c[nH]c2nc(=O)n(C)cc12. The summed E-state index contributed by atoms with van der Waals surface area (Å²) in [6.45, 7) is 1.98. The van der Waals surface area contributed by atoms with Crippen molar-refractivity contribution in [2.24, 2.45) is 7.05 Å². The van der Waals surface area contributed by atoms with Gasteiger partial charge in [0, 0.05) is 24.8 Å². The topological polar surface area (TPSA) is 50.7 Å². The first-order valence-electron chi connectivity index (χ1n) is 3.70. The van der Waals surface area contributed by atoms with Crippen molar-refractivity contribution in [1.29, 1.82) is 0 Å². The van der Waals surface area contributed by atoms with Crippen LogP contribution in [0.4, 0.5) is 0 Å². The zero-order valence-electron chi connectivity index (χ0n) is 6.96. The lowest BCUT2D eigenvalue weighted by molar-refractivity contribution is 0.825. The Bertz CT molecular complexity index is 480. The molecule has 0 spiro atoms. The van der Waals surface area contributed by atoms with Crippen molar-refractivity contribution in [2.75, 3.05) is 0 Å². The van der Waals surface area contributed by atoms with Crippen LogP contribution in [0.3, 0.4) is 0 Å². The maximum atomic E-state index is 11.1. The Hall–Kier alpha value is -1.58. The van der Waals surface area contributed by atoms with Crippen LogP contribution in [-0.2, 0) is 7.05 Å². The average molecular weight is 163 g/mol. The van der Waals surface area contributed by atoms with E-state index in [1.165, 1.54) is 4.57 Å². The van der Waals surface area contributed by atoms with Crippen LogP contribution in [0.15, 0.2) is 17.2 Å². The van der Waals surface area contributed by atoms with E-state index in [9.17, 15) is 4.79 Å². The highest BCUT2D eigenvalue weighted by molar-refractivity contribution is 5.78. The second-order valence-electron chi connectivity index (χ2n) is 2.87. The minimum atomic E-state index is -0.232. The van der Waals surface area contributed by atoms with Crippen LogP contribution < -0.4 is 5.69 Å². The molecule has 0 unspecified atom stereocenters. The van der Waals surface area contributed by atoms with Gasteiger partial charge in [0.25, 0.3) is 0 Å². The third-order valence-electron chi connectivity index (χ3n) is 1.94. The molecule has 0 saturated carbocycles. The molecule has 12 heavy (non-hydrogen) atoms. The van der Waals surface area contributed by atoms with Crippen LogP contribution in [0.1, 0.15) is 5.56 Å². The summed E-state index contributed by atoms with van der Waals surface area (Å²) in [6.07, 6.45) is 3.63. The van der Waals surface area contributed by atoms with Gasteiger partial charge in [0.1, 0.15) is 5.65 Å². The second-order valence-corrected chi connectivity index (χ2v) is 2.87. The van der Waals surface area contributed by atoms with Crippen molar-refractivity contribution in [3.05, 3.63) is 28.4 Å². The summed E-state index contributed by atoms with van der Waals surface area (Å²) in [5.74, 6) is 0. The maximum absolute atomic E-state index is 11.1. The van der Waals surface area contributed by atoms with Gasteiger partial charge < -0.3 is 9.55 Å². The molecule has 0 aliphatic carbocycles. The van der Waals surface area contributed by atoms with Gasteiger partial charge in [-0.05, 0) is 12.5 Å². The molecule has 0 aromatic carbocycles. The van der Waals surface area contributed by atoms with Crippen LogP contribution >= 0.6 is 0 Å². The average Bonchev–Trinajstić information content (AvgIpc) is 2.35. The van der Waals surface area contributed by atoms with Crippen molar-refractivity contribution in [1.82, 2.24) is 14.5 Å². The highest BCUT2D eigenvalue weighted by atomic mass is 16.1. The first-order valence-corrected chi connectivity index (χ1v) is 3.70. The van der Waals surface area contributed by atoms with E-state index >= 15 is 0 Å². The molecule has 0 aliphatic rings. The van der Waals surface area contributed by atoms with E-state index in [-0.39, 0.29) is 5.69 Å². The van der Waals surface area contributed by atoms with Crippen molar-refractivity contribution < 1.29 is 0 Å². The number of aromatic nitrogens is 3. The molecule has 2 aromatic heterocycles. The molecule has 1 N–H and O–H groups in total. The molecule has 0 saturated heterocycles. The van der Waals surface area contributed by atoms with Gasteiger partial charge >= 0.3 is 5.69 Å². The van der Waals surface area contributed by atoms with Crippen molar-refractivity contribution >= 4 is 11.0 Å². The number of aryl methyl sites for hydroxylation is 2.